The van der Waals surface area contributed by atoms with E-state index in [4.69, 9.17) is 9.68 Å². The van der Waals surface area contributed by atoms with Crippen LogP contribution in [0.15, 0.2) is 40.8 Å². The summed E-state index contributed by atoms with van der Waals surface area (Å²) in [7, 11) is 0. The summed E-state index contributed by atoms with van der Waals surface area (Å²) < 4.78 is 5.43. The fourth-order valence-corrected chi connectivity index (χ4v) is 1.47. The molecule has 0 saturated heterocycles. The van der Waals surface area contributed by atoms with Gasteiger partial charge in [0, 0.05) is 5.69 Å². The lowest BCUT2D eigenvalue weighted by Gasteiger charge is -2.04. The molecule has 0 atom stereocenters. The van der Waals surface area contributed by atoms with Crippen molar-refractivity contribution in [2.45, 2.75) is 13.5 Å². The average Bonchev–Trinajstić information content (AvgIpc) is 2.73. The standard InChI is InChI=1S/C13H12N2O/c1-10-5-6-13(16-10)9-15-12-4-2-3-11(7-12)8-14/h2-7,15H,9H2,1H3. The van der Waals surface area contributed by atoms with E-state index in [1.54, 1.807) is 6.07 Å². The minimum absolute atomic E-state index is 0.628. The molecule has 0 aliphatic rings. The lowest BCUT2D eigenvalue weighted by molar-refractivity contribution is 0.490. The van der Waals surface area contributed by atoms with Crippen LogP contribution in [0.2, 0.25) is 0 Å². The number of nitrogens with one attached hydrogen (secondary N) is 1. The van der Waals surface area contributed by atoms with Gasteiger partial charge in [-0.25, -0.2) is 0 Å². The number of nitriles is 1. The Bertz CT molecular complexity index is 523. The molecule has 0 fully saturated rings. The Morgan fingerprint density at radius 3 is 2.88 bits per heavy atom. The van der Waals surface area contributed by atoms with Crippen molar-refractivity contribution in [2.24, 2.45) is 0 Å². The van der Waals surface area contributed by atoms with Crippen molar-refractivity contribution >= 4 is 5.69 Å². The van der Waals surface area contributed by atoms with Crippen LogP contribution in [-0.2, 0) is 6.54 Å². The van der Waals surface area contributed by atoms with E-state index < -0.39 is 0 Å². The van der Waals surface area contributed by atoms with E-state index >= 15 is 0 Å². The molecule has 3 nitrogen and oxygen atoms in total. The molecule has 2 aromatic rings. The predicted octanol–water partition coefficient (Wildman–Crippen LogP) is 3.07. The monoisotopic (exact) mass is 212 g/mol. The van der Waals surface area contributed by atoms with Gasteiger partial charge < -0.3 is 9.73 Å². The molecule has 16 heavy (non-hydrogen) atoms. The van der Waals surface area contributed by atoms with Gasteiger partial charge in [-0.05, 0) is 37.3 Å². The van der Waals surface area contributed by atoms with Crippen molar-refractivity contribution in [3.63, 3.8) is 0 Å². The van der Waals surface area contributed by atoms with E-state index in [0.29, 0.717) is 12.1 Å². The van der Waals surface area contributed by atoms with Crippen LogP contribution in [0.25, 0.3) is 0 Å². The lowest BCUT2D eigenvalue weighted by Crippen LogP contribution is -1.97. The van der Waals surface area contributed by atoms with Crippen LogP contribution in [0.4, 0.5) is 5.69 Å². The topological polar surface area (TPSA) is 49.0 Å². The highest BCUT2D eigenvalue weighted by atomic mass is 16.3. The van der Waals surface area contributed by atoms with Crippen LogP contribution in [0.1, 0.15) is 17.1 Å². The maximum Gasteiger partial charge on any atom is 0.123 e. The second-order valence-electron chi connectivity index (χ2n) is 3.56. The van der Waals surface area contributed by atoms with Crippen molar-refractivity contribution in [1.82, 2.24) is 0 Å². The Balaban J connectivity index is 2.02. The highest BCUT2D eigenvalue weighted by Crippen LogP contribution is 2.12. The van der Waals surface area contributed by atoms with Gasteiger partial charge in [0.1, 0.15) is 11.5 Å². The Morgan fingerprint density at radius 2 is 2.19 bits per heavy atom. The molecule has 1 N–H and O–H groups in total. The second-order valence-corrected chi connectivity index (χ2v) is 3.56. The molecule has 0 saturated carbocycles. The van der Waals surface area contributed by atoms with Crippen LogP contribution in [-0.4, -0.2) is 0 Å². The maximum absolute atomic E-state index is 8.75. The van der Waals surface area contributed by atoms with Crippen molar-refractivity contribution in [3.05, 3.63) is 53.5 Å². The third-order valence-electron chi connectivity index (χ3n) is 2.25. The molecular formula is C13H12N2O. The van der Waals surface area contributed by atoms with Crippen LogP contribution in [0, 0.1) is 18.3 Å². The van der Waals surface area contributed by atoms with E-state index in [2.05, 4.69) is 11.4 Å². The molecule has 0 bridgehead atoms. The van der Waals surface area contributed by atoms with E-state index in [0.717, 1.165) is 17.2 Å². The van der Waals surface area contributed by atoms with Gasteiger partial charge in [-0.1, -0.05) is 6.07 Å². The summed E-state index contributed by atoms with van der Waals surface area (Å²) in [5.41, 5.74) is 1.58. The summed E-state index contributed by atoms with van der Waals surface area (Å²) in [6.07, 6.45) is 0. The zero-order valence-electron chi connectivity index (χ0n) is 9.03. The number of hydrogen-bond acceptors (Lipinski definition) is 3. The number of benzene rings is 1. The molecule has 0 aliphatic carbocycles. The Labute approximate surface area is 94.3 Å². The number of anilines is 1. The van der Waals surface area contributed by atoms with Gasteiger partial charge in [-0.2, -0.15) is 5.26 Å². The van der Waals surface area contributed by atoms with Crippen molar-refractivity contribution in [1.29, 1.82) is 5.26 Å². The Morgan fingerprint density at radius 1 is 1.31 bits per heavy atom. The van der Waals surface area contributed by atoms with Crippen molar-refractivity contribution < 1.29 is 4.42 Å². The SMILES string of the molecule is Cc1ccc(CNc2cccc(C#N)c2)o1. The van der Waals surface area contributed by atoms with Crippen molar-refractivity contribution in [3.8, 4) is 6.07 Å². The summed E-state index contributed by atoms with van der Waals surface area (Å²) >= 11 is 0. The summed E-state index contributed by atoms with van der Waals surface area (Å²) in [6, 6.07) is 13.4. The fourth-order valence-electron chi connectivity index (χ4n) is 1.47. The van der Waals surface area contributed by atoms with Gasteiger partial charge in [-0.3, -0.25) is 0 Å². The second kappa shape index (κ2) is 4.54. The van der Waals surface area contributed by atoms with Crippen LogP contribution >= 0.6 is 0 Å². The van der Waals surface area contributed by atoms with Crippen molar-refractivity contribution in [2.75, 3.05) is 5.32 Å². The summed E-state index contributed by atoms with van der Waals surface area (Å²) in [5, 5.41) is 12.0. The minimum atomic E-state index is 0.628. The first-order chi connectivity index (χ1) is 7.78. The molecule has 3 heteroatoms. The van der Waals surface area contributed by atoms with E-state index in [1.165, 1.54) is 0 Å². The first-order valence-electron chi connectivity index (χ1n) is 5.07. The molecule has 0 radical (unpaired) electrons. The Kier molecular flexibility index (Phi) is 2.93. The molecule has 1 heterocycles. The number of rotatable bonds is 3. The number of hydrogen-bond donors (Lipinski definition) is 1. The molecular weight excluding hydrogens is 200 g/mol. The van der Waals surface area contributed by atoms with Crippen LogP contribution in [0.3, 0.4) is 0 Å². The minimum Gasteiger partial charge on any atom is -0.465 e. The van der Waals surface area contributed by atoms with Gasteiger partial charge in [0.15, 0.2) is 0 Å². The largest absolute Gasteiger partial charge is 0.465 e. The molecule has 0 amide bonds. The quantitative estimate of drug-likeness (QED) is 0.850. The number of nitrogens with zero attached hydrogens (tertiary/aromatic N) is 1. The van der Waals surface area contributed by atoms with Gasteiger partial charge in [-0.15, -0.1) is 0 Å². The smallest absolute Gasteiger partial charge is 0.123 e. The fraction of sp³-hybridized carbons (Fsp3) is 0.154. The lowest BCUT2D eigenvalue weighted by atomic mass is 10.2. The average molecular weight is 212 g/mol. The normalized spacial score (nSPS) is 9.75. The van der Waals surface area contributed by atoms with E-state index in [-0.39, 0.29) is 0 Å². The zero-order valence-corrected chi connectivity index (χ0v) is 9.03. The van der Waals surface area contributed by atoms with Crippen LogP contribution < -0.4 is 5.32 Å². The molecule has 0 aliphatic heterocycles. The van der Waals surface area contributed by atoms with E-state index in [9.17, 15) is 0 Å². The van der Waals surface area contributed by atoms with E-state index in [1.807, 2.05) is 37.3 Å². The van der Waals surface area contributed by atoms with Gasteiger partial charge in [0.2, 0.25) is 0 Å². The first kappa shape index (κ1) is 10.3. The summed E-state index contributed by atoms with van der Waals surface area (Å²) in [6.45, 7) is 2.54. The zero-order chi connectivity index (χ0) is 11.4. The third kappa shape index (κ3) is 2.43. The predicted molar refractivity (Wildman–Crippen MR) is 61.9 cm³/mol. The Hall–Kier alpha value is -2.21. The summed E-state index contributed by atoms with van der Waals surface area (Å²) in [5.74, 6) is 1.79. The molecule has 0 unspecified atom stereocenters. The number of aryl methyl sites for hydroxylation is 1. The molecule has 1 aromatic carbocycles. The summed E-state index contributed by atoms with van der Waals surface area (Å²) in [4.78, 5) is 0. The molecule has 0 spiro atoms. The number of furan rings is 1. The molecule has 80 valence electrons. The highest BCUT2D eigenvalue weighted by molar-refractivity contribution is 5.49. The first-order valence-corrected chi connectivity index (χ1v) is 5.07. The highest BCUT2D eigenvalue weighted by Gasteiger charge is 1.99. The molecule has 1 aromatic heterocycles. The van der Waals surface area contributed by atoms with Gasteiger partial charge in [0.05, 0.1) is 18.2 Å². The van der Waals surface area contributed by atoms with Gasteiger partial charge >= 0.3 is 0 Å². The van der Waals surface area contributed by atoms with Gasteiger partial charge in [0.25, 0.3) is 0 Å². The molecule has 2 rings (SSSR count). The third-order valence-corrected chi connectivity index (χ3v) is 2.25. The maximum atomic E-state index is 8.75. The van der Waals surface area contributed by atoms with Crippen LogP contribution in [0.5, 0.6) is 0 Å².